The average molecular weight is 320 g/mol. The van der Waals surface area contributed by atoms with Gasteiger partial charge in [-0.15, -0.1) is 0 Å². The van der Waals surface area contributed by atoms with Crippen molar-refractivity contribution in [1.82, 2.24) is 4.90 Å². The lowest BCUT2D eigenvalue weighted by molar-refractivity contribution is 0.455. The summed E-state index contributed by atoms with van der Waals surface area (Å²) in [5, 5.41) is 0. The Labute approximate surface area is 148 Å². The van der Waals surface area contributed by atoms with Crippen LogP contribution in [0.1, 0.15) is 116 Å². The smallest absolute Gasteiger partial charge is 0.0443 e. The molecule has 0 saturated carbocycles. The molecule has 6 radical (unpaired) electrons. The molecular weight excluding hydrogens is 278 g/mol. The minimum Gasteiger partial charge on any atom is -0.291 e. The first-order valence-electron chi connectivity index (χ1n) is 10.2. The predicted molar refractivity (Wildman–Crippen MR) is 103 cm³/mol. The van der Waals surface area contributed by atoms with Crippen LogP contribution in [0.15, 0.2) is 0 Å². The first kappa shape index (κ1) is 23.0. The molecule has 0 fully saturated rings. The van der Waals surface area contributed by atoms with Gasteiger partial charge in [0.05, 0.1) is 0 Å². The van der Waals surface area contributed by atoms with Crippen LogP contribution in [0.3, 0.4) is 0 Å². The summed E-state index contributed by atoms with van der Waals surface area (Å²) in [6.45, 7) is 6.31. The van der Waals surface area contributed by atoms with E-state index in [9.17, 15) is 0 Å². The van der Waals surface area contributed by atoms with Crippen molar-refractivity contribution in [2.75, 3.05) is 6.54 Å². The summed E-state index contributed by atoms with van der Waals surface area (Å²) in [5.74, 6) is 0. The van der Waals surface area contributed by atoms with Crippen LogP contribution in [0, 0.1) is 21.0 Å². The van der Waals surface area contributed by atoms with E-state index in [1.54, 1.807) is 0 Å². The molecular formula is C22H41N. The van der Waals surface area contributed by atoms with Gasteiger partial charge in [-0.25, -0.2) is 0 Å². The van der Waals surface area contributed by atoms with Gasteiger partial charge in [0.25, 0.3) is 0 Å². The maximum Gasteiger partial charge on any atom is 0.0443 e. The molecule has 0 aliphatic rings. The fourth-order valence-electron chi connectivity index (χ4n) is 3.09. The fraction of sp³-hybridized carbons (Fsp3) is 0.864. The van der Waals surface area contributed by atoms with Crippen molar-refractivity contribution in [3.63, 3.8) is 0 Å². The minimum atomic E-state index is 0.813. The van der Waals surface area contributed by atoms with Crippen LogP contribution in [-0.4, -0.2) is 11.4 Å². The normalized spacial score (nSPS) is 11.5. The van der Waals surface area contributed by atoms with Crippen LogP contribution >= 0.6 is 0 Å². The molecule has 0 amide bonds. The molecule has 0 aromatic rings. The zero-order chi connectivity index (χ0) is 17.0. The molecule has 0 aromatic carbocycles. The second kappa shape index (κ2) is 20.0. The summed E-state index contributed by atoms with van der Waals surface area (Å²) in [7, 11) is 10.7. The molecule has 1 heteroatoms. The van der Waals surface area contributed by atoms with E-state index in [0.717, 1.165) is 19.4 Å². The first-order valence-corrected chi connectivity index (χ1v) is 10.2. The number of hydrogen-bond acceptors (Lipinski definition) is 1. The molecule has 134 valence electrons. The molecule has 0 unspecified atom stereocenters. The van der Waals surface area contributed by atoms with Crippen LogP contribution in [0.5, 0.6) is 0 Å². The second-order valence-corrected chi connectivity index (χ2v) is 7.04. The van der Waals surface area contributed by atoms with Crippen molar-refractivity contribution >= 4 is 0 Å². The van der Waals surface area contributed by atoms with Crippen molar-refractivity contribution in [2.24, 2.45) is 0 Å². The second-order valence-electron chi connectivity index (χ2n) is 7.04. The Bertz CT molecular complexity index is 200. The molecule has 0 bridgehead atoms. The lowest BCUT2D eigenvalue weighted by atomic mass is 10.0. The molecule has 0 aromatic heterocycles. The van der Waals surface area contributed by atoms with Gasteiger partial charge in [0, 0.05) is 14.1 Å². The third-order valence-electron chi connectivity index (χ3n) is 4.62. The lowest BCUT2D eigenvalue weighted by Crippen LogP contribution is -2.06. The standard InChI is InChI=1S/C22H41N/c1-4-5-6-7-8-9-10-11-12-13-14-15-16-17-18-19-20-21-22-23(2)3/h1-3H,4-22H2. The van der Waals surface area contributed by atoms with Crippen LogP contribution in [0.2, 0.25) is 0 Å². The van der Waals surface area contributed by atoms with Crippen molar-refractivity contribution in [3.8, 4) is 0 Å². The van der Waals surface area contributed by atoms with Gasteiger partial charge >= 0.3 is 0 Å². The van der Waals surface area contributed by atoms with Gasteiger partial charge in [-0.2, -0.15) is 0 Å². The maximum atomic E-state index is 5.49. The molecule has 0 spiro atoms. The van der Waals surface area contributed by atoms with Gasteiger partial charge in [-0.1, -0.05) is 103 Å². The fourth-order valence-corrected chi connectivity index (χ4v) is 3.09. The molecule has 1 nitrogen and oxygen atoms in total. The summed E-state index contributed by atoms with van der Waals surface area (Å²) in [4.78, 5) is 1.29. The van der Waals surface area contributed by atoms with Gasteiger partial charge in [-0.05, 0) is 26.3 Å². The zero-order valence-electron chi connectivity index (χ0n) is 15.6. The van der Waals surface area contributed by atoms with Gasteiger partial charge in [0.2, 0.25) is 0 Å². The Morgan fingerprint density at radius 1 is 0.391 bits per heavy atom. The number of unbranched alkanes of at least 4 members (excludes halogenated alkanes) is 17. The van der Waals surface area contributed by atoms with E-state index in [4.69, 9.17) is 21.0 Å². The number of rotatable bonds is 19. The van der Waals surface area contributed by atoms with Crippen molar-refractivity contribution in [1.29, 1.82) is 0 Å². The van der Waals surface area contributed by atoms with E-state index >= 15 is 0 Å². The molecule has 0 heterocycles. The third-order valence-corrected chi connectivity index (χ3v) is 4.62. The Balaban J connectivity index is 2.95. The van der Waals surface area contributed by atoms with Crippen LogP contribution in [-0.2, 0) is 0 Å². The Kier molecular flexibility index (Phi) is 20.0. The largest absolute Gasteiger partial charge is 0.291 e. The summed E-state index contributed by atoms with van der Waals surface area (Å²) in [6, 6.07) is 0. The highest BCUT2D eigenvalue weighted by atomic mass is 15.0. The number of nitrogens with zero attached hydrogens (tertiary/aromatic N) is 1. The first-order chi connectivity index (χ1) is 11.3. The zero-order valence-corrected chi connectivity index (χ0v) is 15.6. The van der Waals surface area contributed by atoms with E-state index < -0.39 is 0 Å². The van der Waals surface area contributed by atoms with Crippen LogP contribution in [0.4, 0.5) is 0 Å². The highest BCUT2D eigenvalue weighted by Crippen LogP contribution is 2.14. The monoisotopic (exact) mass is 319 g/mol. The summed E-state index contributed by atoms with van der Waals surface area (Å²) >= 11 is 0. The lowest BCUT2D eigenvalue weighted by Gasteiger charge is -2.07. The third kappa shape index (κ3) is 22.0. The van der Waals surface area contributed by atoms with E-state index in [0.29, 0.717) is 0 Å². The number of hydrogen-bond donors (Lipinski definition) is 0. The van der Waals surface area contributed by atoms with Gasteiger partial charge in [0.1, 0.15) is 0 Å². The van der Waals surface area contributed by atoms with Crippen LogP contribution < -0.4 is 0 Å². The molecule has 0 atom stereocenters. The minimum absolute atomic E-state index is 0.813. The van der Waals surface area contributed by atoms with Crippen molar-refractivity contribution < 1.29 is 0 Å². The highest BCUT2D eigenvalue weighted by molar-refractivity contribution is 4.54. The molecule has 0 aliphatic carbocycles. The molecule has 0 N–H and O–H groups in total. The van der Waals surface area contributed by atoms with Gasteiger partial charge in [-0.3, -0.25) is 4.90 Å². The maximum absolute atomic E-state index is 5.49. The topological polar surface area (TPSA) is 3.24 Å². The summed E-state index contributed by atoms with van der Waals surface area (Å²) < 4.78 is 0. The van der Waals surface area contributed by atoms with E-state index in [1.807, 2.05) is 0 Å². The van der Waals surface area contributed by atoms with Gasteiger partial charge < -0.3 is 0 Å². The molecule has 0 rings (SSSR count). The predicted octanol–water partition coefficient (Wildman–Crippen LogP) is 7.36. The quantitative estimate of drug-likeness (QED) is 0.177. The van der Waals surface area contributed by atoms with E-state index in [2.05, 4.69) is 0 Å². The van der Waals surface area contributed by atoms with Gasteiger partial charge in [0.15, 0.2) is 0 Å². The van der Waals surface area contributed by atoms with Crippen molar-refractivity contribution in [3.05, 3.63) is 21.0 Å². The SMILES string of the molecule is [CH]CCCCCCCCCCCCCCCCCCCN([CH])[CH]. The van der Waals surface area contributed by atoms with E-state index in [1.165, 1.54) is 108 Å². The van der Waals surface area contributed by atoms with Crippen LogP contribution in [0.25, 0.3) is 0 Å². The Morgan fingerprint density at radius 3 is 0.913 bits per heavy atom. The Morgan fingerprint density at radius 2 is 0.652 bits per heavy atom. The highest BCUT2D eigenvalue weighted by Gasteiger charge is 1.95. The molecule has 23 heavy (non-hydrogen) atoms. The Hall–Kier alpha value is -0.0400. The molecule has 0 aliphatic heterocycles. The summed E-state index contributed by atoms with van der Waals surface area (Å²) in [5.41, 5.74) is 0. The molecule has 0 saturated heterocycles. The van der Waals surface area contributed by atoms with E-state index in [-0.39, 0.29) is 0 Å². The van der Waals surface area contributed by atoms with Crippen molar-refractivity contribution in [2.45, 2.75) is 116 Å². The summed E-state index contributed by atoms with van der Waals surface area (Å²) in [6.07, 6.45) is 24.2. The average Bonchev–Trinajstić information content (AvgIpc) is 2.53.